The predicted molar refractivity (Wildman–Crippen MR) is 84.8 cm³/mol. The standard InChI is InChI=1S/C17H36N2/c1-4-7-9-15(6-3)13-17(19-18)16-11-8-10-14(5-2)12-16/h14-17,19H,4-13,18H2,1-3H3. The highest BCUT2D eigenvalue weighted by atomic mass is 15.2. The van der Waals surface area contributed by atoms with Gasteiger partial charge in [-0.1, -0.05) is 65.7 Å². The van der Waals surface area contributed by atoms with Crippen molar-refractivity contribution in [3.05, 3.63) is 0 Å². The van der Waals surface area contributed by atoms with E-state index in [1.54, 1.807) is 0 Å². The van der Waals surface area contributed by atoms with Gasteiger partial charge in [0.2, 0.25) is 0 Å². The van der Waals surface area contributed by atoms with Crippen LogP contribution in [0.25, 0.3) is 0 Å². The van der Waals surface area contributed by atoms with Crippen molar-refractivity contribution in [1.82, 2.24) is 5.43 Å². The molecule has 1 fully saturated rings. The zero-order valence-corrected chi connectivity index (χ0v) is 13.5. The van der Waals surface area contributed by atoms with E-state index >= 15 is 0 Å². The maximum Gasteiger partial charge on any atom is 0.0241 e. The number of hydrogen-bond donors (Lipinski definition) is 2. The Bertz CT molecular complexity index is 217. The summed E-state index contributed by atoms with van der Waals surface area (Å²) < 4.78 is 0. The Morgan fingerprint density at radius 2 is 2.00 bits per heavy atom. The molecule has 0 radical (unpaired) electrons. The van der Waals surface area contributed by atoms with E-state index < -0.39 is 0 Å². The molecule has 0 amide bonds. The Kier molecular flexibility index (Phi) is 8.72. The first-order valence-electron chi connectivity index (χ1n) is 8.71. The molecule has 4 unspecified atom stereocenters. The quantitative estimate of drug-likeness (QED) is 0.472. The Labute approximate surface area is 120 Å². The summed E-state index contributed by atoms with van der Waals surface area (Å²) in [5, 5.41) is 0. The lowest BCUT2D eigenvalue weighted by atomic mass is 9.74. The van der Waals surface area contributed by atoms with Crippen molar-refractivity contribution in [3.8, 4) is 0 Å². The third-order valence-corrected chi connectivity index (χ3v) is 5.31. The molecule has 0 aromatic rings. The molecule has 0 aromatic carbocycles. The molecule has 0 bridgehead atoms. The van der Waals surface area contributed by atoms with E-state index in [4.69, 9.17) is 5.84 Å². The van der Waals surface area contributed by atoms with Gasteiger partial charge in [-0.05, 0) is 37.0 Å². The highest BCUT2D eigenvalue weighted by Crippen LogP contribution is 2.35. The van der Waals surface area contributed by atoms with Gasteiger partial charge in [-0.15, -0.1) is 0 Å². The van der Waals surface area contributed by atoms with Gasteiger partial charge in [0.15, 0.2) is 0 Å². The Hall–Kier alpha value is -0.0800. The maximum atomic E-state index is 5.87. The molecule has 0 saturated heterocycles. The van der Waals surface area contributed by atoms with Crippen LogP contribution in [-0.4, -0.2) is 6.04 Å². The summed E-state index contributed by atoms with van der Waals surface area (Å²) in [4.78, 5) is 0. The third kappa shape index (κ3) is 5.83. The zero-order valence-electron chi connectivity index (χ0n) is 13.5. The van der Waals surface area contributed by atoms with E-state index in [0.717, 1.165) is 17.8 Å². The van der Waals surface area contributed by atoms with Crippen LogP contribution in [0.3, 0.4) is 0 Å². The van der Waals surface area contributed by atoms with Gasteiger partial charge in [0, 0.05) is 6.04 Å². The molecule has 114 valence electrons. The first-order valence-corrected chi connectivity index (χ1v) is 8.71. The van der Waals surface area contributed by atoms with Crippen molar-refractivity contribution in [2.45, 2.75) is 91.0 Å². The van der Waals surface area contributed by atoms with Gasteiger partial charge >= 0.3 is 0 Å². The maximum absolute atomic E-state index is 5.87. The van der Waals surface area contributed by atoms with Crippen molar-refractivity contribution in [3.63, 3.8) is 0 Å². The zero-order chi connectivity index (χ0) is 14.1. The van der Waals surface area contributed by atoms with Crippen LogP contribution in [0.1, 0.15) is 85.0 Å². The van der Waals surface area contributed by atoms with Crippen LogP contribution in [0.4, 0.5) is 0 Å². The summed E-state index contributed by atoms with van der Waals surface area (Å²) >= 11 is 0. The van der Waals surface area contributed by atoms with Crippen LogP contribution in [0.2, 0.25) is 0 Å². The minimum absolute atomic E-state index is 0.552. The second kappa shape index (κ2) is 9.77. The van der Waals surface area contributed by atoms with Gasteiger partial charge in [0.25, 0.3) is 0 Å². The number of hydrazine groups is 1. The van der Waals surface area contributed by atoms with E-state index in [0.29, 0.717) is 6.04 Å². The average Bonchev–Trinajstić information content (AvgIpc) is 2.47. The Morgan fingerprint density at radius 3 is 2.58 bits per heavy atom. The van der Waals surface area contributed by atoms with E-state index in [2.05, 4.69) is 26.2 Å². The predicted octanol–water partition coefficient (Wildman–Crippen LogP) is 4.64. The summed E-state index contributed by atoms with van der Waals surface area (Å²) in [6, 6.07) is 0.552. The van der Waals surface area contributed by atoms with E-state index in [1.807, 2.05) is 0 Å². The first-order chi connectivity index (χ1) is 9.24. The monoisotopic (exact) mass is 268 g/mol. The smallest absolute Gasteiger partial charge is 0.0241 e. The van der Waals surface area contributed by atoms with E-state index in [-0.39, 0.29) is 0 Å². The van der Waals surface area contributed by atoms with Crippen LogP contribution < -0.4 is 11.3 Å². The van der Waals surface area contributed by atoms with Gasteiger partial charge in [-0.3, -0.25) is 11.3 Å². The minimum Gasteiger partial charge on any atom is -0.271 e. The van der Waals surface area contributed by atoms with Crippen molar-refractivity contribution in [2.24, 2.45) is 23.6 Å². The second-order valence-electron chi connectivity index (χ2n) is 6.63. The van der Waals surface area contributed by atoms with Crippen molar-refractivity contribution in [1.29, 1.82) is 0 Å². The molecule has 1 aliphatic rings. The van der Waals surface area contributed by atoms with Crippen LogP contribution in [0.5, 0.6) is 0 Å². The highest BCUT2D eigenvalue weighted by molar-refractivity contribution is 4.82. The summed E-state index contributed by atoms with van der Waals surface area (Å²) in [6.45, 7) is 6.97. The lowest BCUT2D eigenvalue weighted by Crippen LogP contribution is -2.43. The van der Waals surface area contributed by atoms with Gasteiger partial charge in [0.1, 0.15) is 0 Å². The topological polar surface area (TPSA) is 38.0 Å². The number of unbranched alkanes of at least 4 members (excludes halogenated alkanes) is 1. The molecule has 1 rings (SSSR count). The molecule has 2 heteroatoms. The molecule has 2 nitrogen and oxygen atoms in total. The lowest BCUT2D eigenvalue weighted by molar-refractivity contribution is 0.184. The molecule has 0 heterocycles. The molecule has 0 aliphatic heterocycles. The summed E-state index contributed by atoms with van der Waals surface area (Å²) in [5.74, 6) is 8.50. The van der Waals surface area contributed by atoms with Gasteiger partial charge < -0.3 is 0 Å². The molecule has 19 heavy (non-hydrogen) atoms. The highest BCUT2D eigenvalue weighted by Gasteiger charge is 2.28. The van der Waals surface area contributed by atoms with Crippen molar-refractivity contribution < 1.29 is 0 Å². The lowest BCUT2D eigenvalue weighted by Gasteiger charge is -2.35. The first kappa shape index (κ1) is 17.0. The second-order valence-corrected chi connectivity index (χ2v) is 6.63. The summed E-state index contributed by atoms with van der Waals surface area (Å²) in [7, 11) is 0. The van der Waals surface area contributed by atoms with Crippen molar-refractivity contribution in [2.75, 3.05) is 0 Å². The number of nitrogens with one attached hydrogen (secondary N) is 1. The molecule has 1 saturated carbocycles. The van der Waals surface area contributed by atoms with E-state index in [1.165, 1.54) is 64.2 Å². The van der Waals surface area contributed by atoms with Crippen LogP contribution in [-0.2, 0) is 0 Å². The fourth-order valence-electron chi connectivity index (χ4n) is 3.81. The number of nitrogens with two attached hydrogens (primary N) is 1. The minimum atomic E-state index is 0.552. The largest absolute Gasteiger partial charge is 0.271 e. The molecule has 4 atom stereocenters. The third-order valence-electron chi connectivity index (χ3n) is 5.31. The Balaban J connectivity index is 2.46. The summed E-state index contributed by atoms with van der Waals surface area (Å²) in [6.07, 6.45) is 13.7. The normalized spacial score (nSPS) is 27.2. The number of rotatable bonds is 9. The van der Waals surface area contributed by atoms with Gasteiger partial charge in [0.05, 0.1) is 0 Å². The van der Waals surface area contributed by atoms with Gasteiger partial charge in [-0.25, -0.2) is 0 Å². The molecule has 1 aliphatic carbocycles. The van der Waals surface area contributed by atoms with Crippen LogP contribution >= 0.6 is 0 Å². The molecular weight excluding hydrogens is 232 g/mol. The summed E-state index contributed by atoms with van der Waals surface area (Å²) in [5.41, 5.74) is 3.16. The van der Waals surface area contributed by atoms with Gasteiger partial charge in [-0.2, -0.15) is 0 Å². The van der Waals surface area contributed by atoms with Crippen molar-refractivity contribution >= 4 is 0 Å². The average molecular weight is 268 g/mol. The Morgan fingerprint density at radius 1 is 1.21 bits per heavy atom. The van der Waals surface area contributed by atoms with E-state index in [9.17, 15) is 0 Å². The molecule has 3 N–H and O–H groups in total. The van der Waals surface area contributed by atoms with Crippen LogP contribution in [0.15, 0.2) is 0 Å². The molecular formula is C17H36N2. The van der Waals surface area contributed by atoms with Crippen LogP contribution in [0, 0.1) is 17.8 Å². The number of hydrogen-bond acceptors (Lipinski definition) is 2. The molecule has 0 aromatic heterocycles. The molecule has 0 spiro atoms. The fourth-order valence-corrected chi connectivity index (χ4v) is 3.81. The SMILES string of the molecule is CCCCC(CC)CC(NN)C1CCCC(CC)C1. The fraction of sp³-hybridized carbons (Fsp3) is 1.00.